The summed E-state index contributed by atoms with van der Waals surface area (Å²) in [6.45, 7) is 2.12. The highest BCUT2D eigenvalue weighted by atomic mass is 16.5. The van der Waals surface area contributed by atoms with Crippen LogP contribution in [0.3, 0.4) is 0 Å². The SMILES string of the molecule is CCOC(=O)[C@@H]1CCC[C@H](CC(=O)O)N1. The maximum Gasteiger partial charge on any atom is 0.323 e. The Morgan fingerprint density at radius 2 is 2.20 bits per heavy atom. The molecule has 0 amide bonds. The third-order valence-electron chi connectivity index (χ3n) is 2.47. The van der Waals surface area contributed by atoms with E-state index in [1.807, 2.05) is 0 Å². The number of ether oxygens (including phenoxy) is 1. The van der Waals surface area contributed by atoms with E-state index >= 15 is 0 Å². The number of nitrogens with one attached hydrogen (secondary N) is 1. The van der Waals surface area contributed by atoms with Crippen LogP contribution in [0.2, 0.25) is 0 Å². The Labute approximate surface area is 88.8 Å². The smallest absolute Gasteiger partial charge is 0.323 e. The zero-order valence-electron chi connectivity index (χ0n) is 8.86. The van der Waals surface area contributed by atoms with Gasteiger partial charge in [0.15, 0.2) is 0 Å². The second-order valence-electron chi connectivity index (χ2n) is 3.70. The second kappa shape index (κ2) is 5.70. The van der Waals surface area contributed by atoms with E-state index in [-0.39, 0.29) is 24.5 Å². The van der Waals surface area contributed by atoms with Crippen LogP contribution in [0.1, 0.15) is 32.6 Å². The Bertz CT molecular complexity index is 242. The number of esters is 1. The van der Waals surface area contributed by atoms with Gasteiger partial charge < -0.3 is 15.2 Å². The monoisotopic (exact) mass is 215 g/mol. The molecule has 1 aliphatic rings. The molecule has 0 aromatic rings. The molecule has 86 valence electrons. The predicted octanol–water partition coefficient (Wildman–Crippen LogP) is 0.535. The van der Waals surface area contributed by atoms with Crippen molar-refractivity contribution in [1.82, 2.24) is 5.32 Å². The lowest BCUT2D eigenvalue weighted by atomic mass is 9.96. The van der Waals surface area contributed by atoms with Crippen LogP contribution in [0.5, 0.6) is 0 Å². The Morgan fingerprint density at radius 1 is 1.47 bits per heavy atom. The average Bonchev–Trinajstić information content (AvgIpc) is 2.17. The standard InChI is InChI=1S/C10H17NO4/c1-2-15-10(14)8-5-3-4-7(11-8)6-9(12)13/h7-8,11H,2-6H2,1H3,(H,12,13)/t7-,8+/m1/s1. The number of hydrogen-bond donors (Lipinski definition) is 2. The van der Waals surface area contributed by atoms with Crippen LogP contribution in [0.4, 0.5) is 0 Å². The molecular weight excluding hydrogens is 198 g/mol. The van der Waals surface area contributed by atoms with E-state index in [4.69, 9.17) is 9.84 Å². The Hall–Kier alpha value is -1.10. The van der Waals surface area contributed by atoms with Crippen molar-refractivity contribution in [2.24, 2.45) is 0 Å². The average molecular weight is 215 g/mol. The molecule has 1 fully saturated rings. The van der Waals surface area contributed by atoms with Gasteiger partial charge in [0, 0.05) is 6.04 Å². The number of hydrogen-bond acceptors (Lipinski definition) is 4. The van der Waals surface area contributed by atoms with Gasteiger partial charge in [0.1, 0.15) is 6.04 Å². The summed E-state index contributed by atoms with van der Waals surface area (Å²) in [5, 5.41) is 11.7. The second-order valence-corrected chi connectivity index (χ2v) is 3.70. The van der Waals surface area contributed by atoms with Gasteiger partial charge in [-0.25, -0.2) is 0 Å². The first kappa shape index (κ1) is 12.0. The Balaban J connectivity index is 2.41. The lowest BCUT2D eigenvalue weighted by Crippen LogP contribution is -2.48. The molecule has 0 radical (unpaired) electrons. The van der Waals surface area contributed by atoms with E-state index < -0.39 is 5.97 Å². The molecule has 0 aromatic heterocycles. The fraction of sp³-hybridized carbons (Fsp3) is 0.800. The van der Waals surface area contributed by atoms with Gasteiger partial charge in [-0.2, -0.15) is 0 Å². The van der Waals surface area contributed by atoms with Crippen LogP contribution in [0, 0.1) is 0 Å². The molecule has 0 aromatic carbocycles. The summed E-state index contributed by atoms with van der Waals surface area (Å²) in [7, 11) is 0. The molecule has 5 heteroatoms. The van der Waals surface area contributed by atoms with Crippen LogP contribution in [-0.2, 0) is 14.3 Å². The summed E-state index contributed by atoms with van der Waals surface area (Å²) in [6, 6.07) is -0.436. The van der Waals surface area contributed by atoms with Gasteiger partial charge in [-0.05, 0) is 26.2 Å². The van der Waals surface area contributed by atoms with Crippen molar-refractivity contribution in [3.8, 4) is 0 Å². The summed E-state index contributed by atoms with van der Waals surface area (Å²) in [5.74, 6) is -1.11. The topological polar surface area (TPSA) is 75.6 Å². The lowest BCUT2D eigenvalue weighted by Gasteiger charge is -2.28. The van der Waals surface area contributed by atoms with E-state index in [0.29, 0.717) is 6.61 Å². The van der Waals surface area contributed by atoms with Crippen molar-refractivity contribution in [2.75, 3.05) is 6.61 Å². The number of piperidine rings is 1. The minimum Gasteiger partial charge on any atom is -0.481 e. The molecule has 0 aliphatic carbocycles. The first-order chi connectivity index (χ1) is 7.13. The van der Waals surface area contributed by atoms with Crippen molar-refractivity contribution in [3.05, 3.63) is 0 Å². The van der Waals surface area contributed by atoms with E-state index in [9.17, 15) is 9.59 Å². The minimum absolute atomic E-state index is 0.0654. The van der Waals surface area contributed by atoms with Crippen molar-refractivity contribution >= 4 is 11.9 Å². The molecule has 1 heterocycles. The highest BCUT2D eigenvalue weighted by Crippen LogP contribution is 2.15. The normalized spacial score (nSPS) is 25.9. The molecule has 2 atom stereocenters. The van der Waals surface area contributed by atoms with Gasteiger partial charge in [-0.15, -0.1) is 0 Å². The van der Waals surface area contributed by atoms with Crippen molar-refractivity contribution in [3.63, 3.8) is 0 Å². The molecule has 0 unspecified atom stereocenters. The molecule has 0 saturated carbocycles. The Kier molecular flexibility index (Phi) is 4.55. The summed E-state index contributed by atoms with van der Waals surface area (Å²) >= 11 is 0. The van der Waals surface area contributed by atoms with Gasteiger partial charge in [0.25, 0.3) is 0 Å². The van der Waals surface area contributed by atoms with Gasteiger partial charge in [0.2, 0.25) is 0 Å². The molecule has 1 aliphatic heterocycles. The molecule has 2 N–H and O–H groups in total. The number of carboxylic acid groups (broad SMARTS) is 1. The quantitative estimate of drug-likeness (QED) is 0.669. The fourth-order valence-electron chi connectivity index (χ4n) is 1.82. The van der Waals surface area contributed by atoms with Crippen molar-refractivity contribution < 1.29 is 19.4 Å². The minimum atomic E-state index is -0.836. The summed E-state index contributed by atoms with van der Waals surface area (Å²) in [4.78, 5) is 21.9. The molecule has 1 saturated heterocycles. The van der Waals surface area contributed by atoms with E-state index in [0.717, 1.165) is 19.3 Å². The molecular formula is C10H17NO4. The van der Waals surface area contributed by atoms with Crippen LogP contribution in [0.15, 0.2) is 0 Å². The zero-order chi connectivity index (χ0) is 11.3. The summed E-state index contributed by atoms with van der Waals surface area (Å²) < 4.78 is 4.89. The predicted molar refractivity (Wildman–Crippen MR) is 53.4 cm³/mol. The van der Waals surface area contributed by atoms with Crippen LogP contribution in [-0.4, -0.2) is 35.7 Å². The number of rotatable bonds is 4. The molecule has 5 nitrogen and oxygen atoms in total. The van der Waals surface area contributed by atoms with Crippen LogP contribution < -0.4 is 5.32 Å². The van der Waals surface area contributed by atoms with Gasteiger partial charge in [-0.1, -0.05) is 0 Å². The maximum atomic E-state index is 11.4. The van der Waals surface area contributed by atoms with E-state index in [1.54, 1.807) is 6.92 Å². The number of carbonyl (C=O) groups is 2. The van der Waals surface area contributed by atoms with Crippen LogP contribution >= 0.6 is 0 Å². The molecule has 0 spiro atoms. The van der Waals surface area contributed by atoms with E-state index in [1.165, 1.54) is 0 Å². The number of aliphatic carboxylic acids is 1. The third-order valence-corrected chi connectivity index (χ3v) is 2.47. The Morgan fingerprint density at radius 3 is 2.80 bits per heavy atom. The third kappa shape index (κ3) is 3.87. The van der Waals surface area contributed by atoms with E-state index in [2.05, 4.69) is 5.32 Å². The maximum absolute atomic E-state index is 11.4. The first-order valence-electron chi connectivity index (χ1n) is 5.28. The molecule has 0 bridgehead atoms. The molecule has 1 rings (SSSR count). The number of carbonyl (C=O) groups excluding carboxylic acids is 1. The lowest BCUT2D eigenvalue weighted by molar-refractivity contribution is -0.147. The van der Waals surface area contributed by atoms with Crippen molar-refractivity contribution in [1.29, 1.82) is 0 Å². The molecule has 15 heavy (non-hydrogen) atoms. The summed E-state index contributed by atoms with van der Waals surface area (Å²) in [5.41, 5.74) is 0. The fourth-order valence-corrected chi connectivity index (χ4v) is 1.82. The zero-order valence-corrected chi connectivity index (χ0v) is 8.86. The summed E-state index contributed by atoms with van der Waals surface area (Å²) in [6.07, 6.45) is 2.47. The van der Waals surface area contributed by atoms with Crippen molar-refractivity contribution in [2.45, 2.75) is 44.7 Å². The largest absolute Gasteiger partial charge is 0.481 e. The van der Waals surface area contributed by atoms with Gasteiger partial charge >= 0.3 is 11.9 Å². The first-order valence-corrected chi connectivity index (χ1v) is 5.28. The van der Waals surface area contributed by atoms with Crippen LogP contribution in [0.25, 0.3) is 0 Å². The van der Waals surface area contributed by atoms with Gasteiger partial charge in [-0.3, -0.25) is 9.59 Å². The highest BCUT2D eigenvalue weighted by molar-refractivity contribution is 5.76. The van der Waals surface area contributed by atoms with Gasteiger partial charge in [0.05, 0.1) is 13.0 Å². The number of carboxylic acids is 1. The highest BCUT2D eigenvalue weighted by Gasteiger charge is 2.28.